The Morgan fingerprint density at radius 2 is 1.71 bits per heavy atom. The van der Waals surface area contributed by atoms with E-state index in [-0.39, 0.29) is 58.2 Å². The van der Waals surface area contributed by atoms with Crippen LogP contribution in [0.25, 0.3) is 0 Å². The van der Waals surface area contributed by atoms with Crippen molar-refractivity contribution in [1.82, 2.24) is 0 Å². The normalized spacial score (nSPS) is 9.29. The molecule has 0 unspecified atom stereocenters. The summed E-state index contributed by atoms with van der Waals surface area (Å²) < 4.78 is 28.0. The van der Waals surface area contributed by atoms with E-state index in [0.717, 1.165) is 0 Å². The van der Waals surface area contributed by atoms with Crippen LogP contribution < -0.4 is 58.2 Å². The van der Waals surface area contributed by atoms with Gasteiger partial charge in [0, 0.05) is 5.41 Å². The maximum Gasteiger partial charge on any atom is 1.00 e. The minimum atomic E-state index is -4.15. The van der Waals surface area contributed by atoms with Crippen molar-refractivity contribution in [2.45, 2.75) is 0 Å². The maximum absolute atomic E-state index is 9.33. The van der Waals surface area contributed by atoms with Gasteiger partial charge >= 0.3 is 58.2 Å². The van der Waals surface area contributed by atoms with E-state index in [0.29, 0.717) is 5.41 Å². The first-order valence-corrected chi connectivity index (χ1v) is 2.62. The number of hydrogen-bond donors (Lipinski definition) is 0. The summed E-state index contributed by atoms with van der Waals surface area (Å²) in [6.07, 6.45) is 0. The van der Waals surface area contributed by atoms with Crippen LogP contribution in [-0.4, -0.2) is 13.0 Å². The predicted octanol–water partition coefficient (Wildman–Crippen LogP) is -3.32. The Hall–Kier alpha value is 1.46. The topological polar surface area (TPSA) is 57.2 Å². The van der Waals surface area contributed by atoms with E-state index in [9.17, 15) is 13.0 Å². The molecular weight excluding hydrogens is 190 g/mol. The summed E-state index contributed by atoms with van der Waals surface area (Å²) in [5.41, 5.74) is 0. The van der Waals surface area contributed by atoms with E-state index in [2.05, 4.69) is 6.58 Å². The Morgan fingerprint density at radius 1 is 1.57 bits per heavy atom. The molecule has 0 aliphatic carbocycles. The van der Waals surface area contributed by atoms with Gasteiger partial charge in [-0.15, -0.1) is 0 Å². The van der Waals surface area contributed by atoms with Gasteiger partial charge in [-0.25, -0.2) is 8.42 Å². The molecule has 0 aromatic heterocycles. The van der Waals surface area contributed by atoms with Gasteiger partial charge in [0.15, 0.2) is 0 Å². The van der Waals surface area contributed by atoms with Crippen molar-refractivity contribution >= 4 is 10.1 Å². The van der Waals surface area contributed by atoms with Crippen molar-refractivity contribution in [1.29, 1.82) is 0 Å². The first-order chi connectivity index (χ1) is 2.56. The molecule has 0 fully saturated rings. The first kappa shape index (κ1) is 11.3. The van der Waals surface area contributed by atoms with Gasteiger partial charge in [-0.1, -0.05) is 6.58 Å². The van der Waals surface area contributed by atoms with Gasteiger partial charge in [-0.2, -0.15) is 0 Å². The van der Waals surface area contributed by atoms with Crippen molar-refractivity contribution in [3.05, 3.63) is 12.0 Å². The van der Waals surface area contributed by atoms with Crippen LogP contribution in [0.2, 0.25) is 0 Å². The molecule has 0 bridgehead atoms. The molecule has 5 heteroatoms. The Bertz CT molecular complexity index is 123. The summed E-state index contributed by atoms with van der Waals surface area (Å²) >= 11 is 0. The summed E-state index contributed by atoms with van der Waals surface area (Å²) in [5.74, 6) is 0. The van der Waals surface area contributed by atoms with Crippen molar-refractivity contribution < 1.29 is 71.2 Å². The van der Waals surface area contributed by atoms with Gasteiger partial charge in [-0.3, -0.25) is 0 Å². The molecule has 0 atom stereocenters. The zero-order valence-electron chi connectivity index (χ0n) is 3.92. The van der Waals surface area contributed by atoms with E-state index in [1.807, 2.05) is 0 Å². The second kappa shape index (κ2) is 4.35. The van der Waals surface area contributed by atoms with Crippen LogP contribution in [0.3, 0.4) is 0 Å². The standard InChI is InChI=1S/C2H4O3S.Rb/c1-2-6(3,4)5;/h2H,1H2,(H,3,4,5);/q;+1/p-1. The van der Waals surface area contributed by atoms with E-state index < -0.39 is 10.1 Å². The van der Waals surface area contributed by atoms with Crippen LogP contribution in [0.1, 0.15) is 0 Å². The molecule has 0 amide bonds. The Morgan fingerprint density at radius 3 is 1.71 bits per heavy atom. The van der Waals surface area contributed by atoms with Gasteiger partial charge in [0.25, 0.3) is 0 Å². The fourth-order valence-electron chi connectivity index (χ4n) is 0. The molecule has 0 heterocycles. The fourth-order valence-corrected chi connectivity index (χ4v) is 0. The summed E-state index contributed by atoms with van der Waals surface area (Å²) in [6.45, 7) is 2.73. The predicted molar refractivity (Wildman–Crippen MR) is 19.9 cm³/mol. The molecule has 0 saturated heterocycles. The van der Waals surface area contributed by atoms with Gasteiger partial charge in [0.1, 0.15) is 10.1 Å². The fraction of sp³-hybridized carbons (Fsp3) is 0. The minimum Gasteiger partial charge on any atom is -0.745 e. The summed E-state index contributed by atoms with van der Waals surface area (Å²) in [7, 11) is -4.15. The Kier molecular flexibility index (Phi) is 7.00. The summed E-state index contributed by atoms with van der Waals surface area (Å²) in [5, 5.41) is 0.354. The molecule has 0 N–H and O–H groups in total. The van der Waals surface area contributed by atoms with Crippen molar-refractivity contribution in [2.24, 2.45) is 0 Å². The van der Waals surface area contributed by atoms with Crippen LogP contribution in [-0.2, 0) is 10.1 Å². The Balaban J connectivity index is 0. The molecule has 7 heavy (non-hydrogen) atoms. The molecule has 3 nitrogen and oxygen atoms in total. The molecule has 0 spiro atoms. The smallest absolute Gasteiger partial charge is 0.745 e. The molecule has 0 aliphatic rings. The van der Waals surface area contributed by atoms with Crippen molar-refractivity contribution in [3.8, 4) is 0 Å². The maximum atomic E-state index is 9.33. The minimum absolute atomic E-state index is 0. The van der Waals surface area contributed by atoms with E-state index >= 15 is 0 Å². The van der Waals surface area contributed by atoms with Crippen molar-refractivity contribution in [3.63, 3.8) is 0 Å². The van der Waals surface area contributed by atoms with E-state index in [1.54, 1.807) is 0 Å². The van der Waals surface area contributed by atoms with E-state index in [4.69, 9.17) is 0 Å². The van der Waals surface area contributed by atoms with Crippen LogP contribution in [0, 0.1) is 0 Å². The average molecular weight is 193 g/mol. The first-order valence-electron chi connectivity index (χ1n) is 1.14. The van der Waals surface area contributed by atoms with Crippen LogP contribution >= 0.6 is 0 Å². The second-order valence-corrected chi connectivity index (χ2v) is 1.98. The summed E-state index contributed by atoms with van der Waals surface area (Å²) in [6, 6.07) is 0. The quantitative estimate of drug-likeness (QED) is 0.409. The van der Waals surface area contributed by atoms with Crippen molar-refractivity contribution in [2.75, 3.05) is 0 Å². The van der Waals surface area contributed by atoms with Crippen LogP contribution in [0.15, 0.2) is 12.0 Å². The molecule has 0 saturated carbocycles. The Labute approximate surface area is 91.3 Å². The third-order valence-electron chi connectivity index (χ3n) is 0.204. The molecule has 0 rings (SSSR count). The second-order valence-electron chi connectivity index (χ2n) is 0.659. The third kappa shape index (κ3) is 11.2. The SMILES string of the molecule is C=CS(=O)(=O)[O-].[Rb+]. The molecular formula is C2H3O3RbS. The van der Waals surface area contributed by atoms with Crippen LogP contribution in [0.4, 0.5) is 0 Å². The molecule has 0 radical (unpaired) electrons. The number of hydrogen-bond acceptors (Lipinski definition) is 3. The van der Waals surface area contributed by atoms with Gasteiger partial charge < -0.3 is 4.55 Å². The zero-order valence-corrected chi connectivity index (χ0v) is 9.65. The van der Waals surface area contributed by atoms with Gasteiger partial charge in [0.2, 0.25) is 0 Å². The monoisotopic (exact) mass is 192 g/mol. The van der Waals surface area contributed by atoms with Gasteiger partial charge in [-0.05, 0) is 0 Å². The van der Waals surface area contributed by atoms with E-state index in [1.165, 1.54) is 0 Å². The summed E-state index contributed by atoms with van der Waals surface area (Å²) in [4.78, 5) is 0. The van der Waals surface area contributed by atoms with Gasteiger partial charge in [0.05, 0.1) is 0 Å². The molecule has 0 aromatic carbocycles. The molecule has 0 aromatic rings. The largest absolute Gasteiger partial charge is 1.00 e. The average Bonchev–Trinajstić information content (AvgIpc) is 1.35. The molecule has 0 aliphatic heterocycles. The number of rotatable bonds is 1. The third-order valence-corrected chi connectivity index (χ3v) is 0.612. The molecule has 36 valence electrons. The zero-order chi connectivity index (χ0) is 5.21. The van der Waals surface area contributed by atoms with Crippen LogP contribution in [0.5, 0.6) is 0 Å².